The summed E-state index contributed by atoms with van der Waals surface area (Å²) >= 11 is 30.9. The van der Waals surface area contributed by atoms with Gasteiger partial charge in [-0.25, -0.2) is 9.69 Å². The molecule has 3 aromatic carbocycles. The van der Waals surface area contributed by atoms with Gasteiger partial charge in [-0.3, -0.25) is 14.9 Å². The molecule has 0 bridgehead atoms. The highest BCUT2D eigenvalue weighted by Crippen LogP contribution is 2.36. The monoisotopic (exact) mass is 582 g/mol. The van der Waals surface area contributed by atoms with Crippen molar-refractivity contribution < 1.29 is 19.1 Å². The molecule has 4 amide bonds. The predicted molar refractivity (Wildman–Crippen MR) is 142 cm³/mol. The van der Waals surface area contributed by atoms with Gasteiger partial charge in [-0.05, 0) is 66.1 Å². The summed E-state index contributed by atoms with van der Waals surface area (Å²) < 4.78 is 5.75. The molecule has 0 radical (unpaired) electrons. The molecule has 0 spiro atoms. The number of carbonyl (C=O) groups is 3. The lowest BCUT2D eigenvalue weighted by molar-refractivity contribution is -0.122. The van der Waals surface area contributed by atoms with Crippen LogP contribution in [0.1, 0.15) is 16.7 Å². The summed E-state index contributed by atoms with van der Waals surface area (Å²) in [5.74, 6) is -1.47. The van der Waals surface area contributed by atoms with E-state index in [1.54, 1.807) is 37.3 Å². The Kier molecular flexibility index (Phi) is 7.83. The smallest absolute Gasteiger partial charge is 0.335 e. The van der Waals surface area contributed by atoms with Gasteiger partial charge < -0.3 is 4.74 Å². The lowest BCUT2D eigenvalue weighted by Gasteiger charge is -2.26. The van der Waals surface area contributed by atoms with Crippen molar-refractivity contribution in [3.05, 3.63) is 95.9 Å². The minimum absolute atomic E-state index is 0.119. The molecule has 0 unspecified atom stereocenters. The Morgan fingerprint density at radius 2 is 1.53 bits per heavy atom. The van der Waals surface area contributed by atoms with Crippen LogP contribution in [0.5, 0.6) is 5.75 Å². The van der Waals surface area contributed by atoms with E-state index in [1.165, 1.54) is 24.3 Å². The quantitative estimate of drug-likeness (QED) is 0.249. The molecule has 11 heteroatoms. The van der Waals surface area contributed by atoms with E-state index in [1.807, 2.05) is 0 Å². The molecule has 36 heavy (non-hydrogen) atoms. The molecule has 1 N–H and O–H groups in total. The standard InChI is InChI=1S/C25H15Cl5N2O4/c1-12-2-4-15(10-18(12)27)32-24(34)16(23(33)31-25(32)35)6-14-8-20(29)22(21(30)9-14)36-11-13-3-5-17(26)19(28)7-13/h2-10H,11H2,1H3,(H,31,33,35)/b16-6-. The molecule has 4 rings (SSSR count). The van der Waals surface area contributed by atoms with Crippen LogP contribution >= 0.6 is 58.0 Å². The van der Waals surface area contributed by atoms with Crippen molar-refractivity contribution in [2.24, 2.45) is 0 Å². The molecule has 1 aliphatic rings. The van der Waals surface area contributed by atoms with Gasteiger partial charge in [0, 0.05) is 5.02 Å². The number of hydrogen-bond donors (Lipinski definition) is 1. The maximum Gasteiger partial charge on any atom is 0.335 e. The molecule has 0 aliphatic carbocycles. The third-order valence-electron chi connectivity index (χ3n) is 5.21. The summed E-state index contributed by atoms with van der Waals surface area (Å²) in [7, 11) is 0. The Bertz CT molecular complexity index is 1430. The molecule has 1 aliphatic heterocycles. The van der Waals surface area contributed by atoms with Crippen LogP contribution in [-0.4, -0.2) is 17.8 Å². The molecule has 0 aromatic heterocycles. The van der Waals surface area contributed by atoms with Crippen molar-refractivity contribution in [3.8, 4) is 5.75 Å². The van der Waals surface area contributed by atoms with E-state index in [-0.39, 0.29) is 33.7 Å². The number of imide groups is 2. The Hall–Kier alpha value is -2.74. The molecular weight excluding hydrogens is 570 g/mol. The Labute approximate surface area is 231 Å². The molecular formula is C25H15Cl5N2O4. The number of benzene rings is 3. The van der Waals surface area contributed by atoms with Crippen LogP contribution in [0, 0.1) is 6.92 Å². The minimum Gasteiger partial charge on any atom is -0.486 e. The second-order valence-corrected chi connectivity index (χ2v) is 9.78. The minimum atomic E-state index is -0.885. The number of ether oxygens (including phenoxy) is 1. The molecule has 1 fully saturated rings. The van der Waals surface area contributed by atoms with Crippen LogP contribution in [0.3, 0.4) is 0 Å². The number of aryl methyl sites for hydroxylation is 1. The summed E-state index contributed by atoms with van der Waals surface area (Å²) in [6.45, 7) is 1.90. The van der Waals surface area contributed by atoms with Gasteiger partial charge in [-0.2, -0.15) is 0 Å². The maximum absolute atomic E-state index is 13.1. The fraction of sp³-hybridized carbons (Fsp3) is 0.0800. The van der Waals surface area contributed by atoms with Gasteiger partial charge in [-0.1, -0.05) is 70.1 Å². The first-order valence-electron chi connectivity index (χ1n) is 10.3. The topological polar surface area (TPSA) is 75.7 Å². The van der Waals surface area contributed by atoms with Crippen LogP contribution in [-0.2, 0) is 16.2 Å². The first-order valence-corrected chi connectivity index (χ1v) is 12.2. The summed E-state index contributed by atoms with van der Waals surface area (Å²) in [4.78, 5) is 38.8. The first-order chi connectivity index (χ1) is 17.0. The summed E-state index contributed by atoms with van der Waals surface area (Å²) in [6, 6.07) is 11.8. The van der Waals surface area contributed by atoms with E-state index in [0.717, 1.165) is 16.0 Å². The highest BCUT2D eigenvalue weighted by atomic mass is 35.5. The average Bonchev–Trinajstić information content (AvgIpc) is 2.80. The maximum atomic E-state index is 13.1. The van der Waals surface area contributed by atoms with Crippen LogP contribution in [0.2, 0.25) is 25.1 Å². The van der Waals surface area contributed by atoms with Crippen molar-refractivity contribution in [3.63, 3.8) is 0 Å². The second-order valence-electron chi connectivity index (χ2n) is 7.74. The molecule has 3 aromatic rings. The van der Waals surface area contributed by atoms with Crippen molar-refractivity contribution >= 4 is 87.6 Å². The lowest BCUT2D eigenvalue weighted by Crippen LogP contribution is -2.54. The number of urea groups is 1. The molecule has 0 saturated carbocycles. The molecule has 1 heterocycles. The van der Waals surface area contributed by atoms with Crippen LogP contribution in [0.4, 0.5) is 10.5 Å². The van der Waals surface area contributed by atoms with Crippen LogP contribution in [0.25, 0.3) is 6.08 Å². The zero-order chi connectivity index (χ0) is 26.1. The van der Waals surface area contributed by atoms with Gasteiger partial charge in [0.1, 0.15) is 12.2 Å². The first kappa shape index (κ1) is 26.3. The predicted octanol–water partition coefficient (Wildman–Crippen LogP) is 7.51. The Morgan fingerprint density at radius 1 is 0.833 bits per heavy atom. The lowest BCUT2D eigenvalue weighted by atomic mass is 10.1. The van der Waals surface area contributed by atoms with Crippen molar-refractivity contribution in [2.75, 3.05) is 4.90 Å². The summed E-state index contributed by atoms with van der Waals surface area (Å²) in [5, 5.41) is 3.62. The number of nitrogens with one attached hydrogen (secondary N) is 1. The number of barbiturate groups is 1. The largest absolute Gasteiger partial charge is 0.486 e. The van der Waals surface area contributed by atoms with E-state index < -0.39 is 17.8 Å². The second kappa shape index (κ2) is 10.7. The van der Waals surface area contributed by atoms with Gasteiger partial charge in [0.05, 0.1) is 25.8 Å². The number of hydrogen-bond acceptors (Lipinski definition) is 4. The average molecular weight is 585 g/mol. The number of nitrogens with zero attached hydrogens (tertiary/aromatic N) is 1. The van der Waals surface area contributed by atoms with Gasteiger partial charge in [0.15, 0.2) is 5.75 Å². The van der Waals surface area contributed by atoms with Gasteiger partial charge in [-0.15, -0.1) is 0 Å². The third-order valence-corrected chi connectivity index (χ3v) is 6.92. The van der Waals surface area contributed by atoms with Crippen molar-refractivity contribution in [1.29, 1.82) is 0 Å². The van der Waals surface area contributed by atoms with E-state index in [2.05, 4.69) is 5.32 Å². The van der Waals surface area contributed by atoms with E-state index in [4.69, 9.17) is 62.7 Å². The summed E-state index contributed by atoms with van der Waals surface area (Å²) in [6.07, 6.45) is 1.29. The van der Waals surface area contributed by atoms with E-state index in [0.29, 0.717) is 20.6 Å². The zero-order valence-corrected chi connectivity index (χ0v) is 22.2. The van der Waals surface area contributed by atoms with Crippen molar-refractivity contribution in [1.82, 2.24) is 5.32 Å². The van der Waals surface area contributed by atoms with Gasteiger partial charge in [0.2, 0.25) is 0 Å². The molecule has 6 nitrogen and oxygen atoms in total. The molecule has 1 saturated heterocycles. The van der Waals surface area contributed by atoms with Gasteiger partial charge in [0.25, 0.3) is 11.8 Å². The Morgan fingerprint density at radius 3 is 2.17 bits per heavy atom. The van der Waals surface area contributed by atoms with E-state index in [9.17, 15) is 14.4 Å². The number of amides is 4. The number of anilines is 1. The number of carbonyl (C=O) groups excluding carboxylic acids is 3. The van der Waals surface area contributed by atoms with Crippen molar-refractivity contribution in [2.45, 2.75) is 13.5 Å². The number of halogens is 5. The van der Waals surface area contributed by atoms with Crippen LogP contribution in [0.15, 0.2) is 54.1 Å². The fourth-order valence-electron chi connectivity index (χ4n) is 3.37. The van der Waals surface area contributed by atoms with E-state index >= 15 is 0 Å². The highest BCUT2D eigenvalue weighted by molar-refractivity contribution is 6.42. The Balaban J connectivity index is 1.61. The highest BCUT2D eigenvalue weighted by Gasteiger charge is 2.37. The summed E-state index contributed by atoms with van der Waals surface area (Å²) in [5.41, 5.74) is 1.79. The SMILES string of the molecule is Cc1ccc(N2C(=O)NC(=O)/C(=C/c3cc(Cl)c(OCc4ccc(Cl)c(Cl)c4)c(Cl)c3)C2=O)cc1Cl. The molecule has 0 atom stereocenters. The van der Waals surface area contributed by atoms with Crippen LogP contribution < -0.4 is 15.0 Å². The third kappa shape index (κ3) is 5.48. The normalized spacial score (nSPS) is 14.9. The zero-order valence-electron chi connectivity index (χ0n) is 18.4. The number of rotatable bonds is 5. The molecule has 184 valence electrons. The van der Waals surface area contributed by atoms with Gasteiger partial charge >= 0.3 is 6.03 Å². The fourth-order valence-corrected chi connectivity index (χ4v) is 4.47.